The molecule has 0 amide bonds. The van der Waals surface area contributed by atoms with Gasteiger partial charge in [0.05, 0.1) is 5.69 Å². The lowest BCUT2D eigenvalue weighted by Gasteiger charge is -2.06. The molecule has 0 aliphatic rings. The summed E-state index contributed by atoms with van der Waals surface area (Å²) >= 11 is 3.11. The Morgan fingerprint density at radius 1 is 1.54 bits per heavy atom. The molecule has 2 N–H and O–H groups in total. The largest absolute Gasteiger partial charge is 0.298 e. The van der Waals surface area contributed by atoms with Crippen molar-refractivity contribution in [2.24, 2.45) is 0 Å². The highest BCUT2D eigenvalue weighted by atomic mass is 79.9. The molecule has 1 heterocycles. The predicted octanol–water partition coefficient (Wildman–Crippen LogP) is 0.720. The van der Waals surface area contributed by atoms with E-state index in [2.05, 4.69) is 30.4 Å². The smallest absolute Gasteiger partial charge is 0.268 e. The summed E-state index contributed by atoms with van der Waals surface area (Å²) in [6, 6.07) is 3.24. The Labute approximate surface area is 84.9 Å². The molecule has 0 saturated carbocycles. The van der Waals surface area contributed by atoms with Crippen LogP contribution in [0, 0.1) is 0 Å². The lowest BCUT2D eigenvalue weighted by atomic mass is 10.4. The van der Waals surface area contributed by atoms with Gasteiger partial charge in [0.1, 0.15) is 4.60 Å². The van der Waals surface area contributed by atoms with Crippen molar-refractivity contribution in [1.82, 2.24) is 9.71 Å². The summed E-state index contributed by atoms with van der Waals surface area (Å²) in [4.78, 5) is 3.86. The molecule has 1 aromatic heterocycles. The Morgan fingerprint density at radius 2 is 2.23 bits per heavy atom. The van der Waals surface area contributed by atoms with Gasteiger partial charge < -0.3 is 0 Å². The molecule has 0 aromatic carbocycles. The minimum atomic E-state index is -3.47. The zero-order valence-corrected chi connectivity index (χ0v) is 9.18. The van der Waals surface area contributed by atoms with E-state index in [9.17, 15) is 8.42 Å². The molecule has 5 nitrogen and oxygen atoms in total. The number of anilines is 1. The van der Waals surface area contributed by atoms with E-state index in [1.165, 1.54) is 7.05 Å². The van der Waals surface area contributed by atoms with Crippen molar-refractivity contribution in [3.05, 3.63) is 22.9 Å². The molecule has 0 atom stereocenters. The molecule has 13 heavy (non-hydrogen) atoms. The van der Waals surface area contributed by atoms with Crippen LogP contribution in [0.25, 0.3) is 0 Å². The van der Waals surface area contributed by atoms with Gasteiger partial charge in [-0.05, 0) is 28.1 Å². The summed E-state index contributed by atoms with van der Waals surface area (Å²) in [5.41, 5.74) is 0.400. The number of nitrogens with zero attached hydrogens (tertiary/aromatic N) is 1. The van der Waals surface area contributed by atoms with Crippen LogP contribution in [0.4, 0.5) is 5.69 Å². The third kappa shape index (κ3) is 2.94. The van der Waals surface area contributed by atoms with Crippen molar-refractivity contribution in [3.63, 3.8) is 0 Å². The quantitative estimate of drug-likeness (QED) is 0.792. The van der Waals surface area contributed by atoms with Crippen LogP contribution in [0.3, 0.4) is 0 Å². The molecule has 0 radical (unpaired) electrons. The molecule has 72 valence electrons. The predicted molar refractivity (Wildman–Crippen MR) is 53.5 cm³/mol. The van der Waals surface area contributed by atoms with Crippen molar-refractivity contribution < 1.29 is 8.42 Å². The van der Waals surface area contributed by atoms with Gasteiger partial charge in [-0.2, -0.15) is 8.42 Å². The molecular formula is C6H8BrN3O2S. The van der Waals surface area contributed by atoms with E-state index in [-0.39, 0.29) is 0 Å². The summed E-state index contributed by atoms with van der Waals surface area (Å²) in [5, 5.41) is 0. The summed E-state index contributed by atoms with van der Waals surface area (Å²) in [5.74, 6) is 0. The van der Waals surface area contributed by atoms with E-state index in [1.54, 1.807) is 18.3 Å². The van der Waals surface area contributed by atoms with E-state index in [0.717, 1.165) is 0 Å². The summed E-state index contributed by atoms with van der Waals surface area (Å²) in [6.45, 7) is 0. The Bertz CT molecular complexity index is 393. The van der Waals surface area contributed by atoms with Gasteiger partial charge in [-0.3, -0.25) is 4.72 Å². The topological polar surface area (TPSA) is 71.1 Å². The van der Waals surface area contributed by atoms with Crippen LogP contribution in [0.5, 0.6) is 0 Å². The number of aromatic nitrogens is 1. The highest BCUT2D eigenvalue weighted by Crippen LogP contribution is 2.18. The van der Waals surface area contributed by atoms with Crippen LogP contribution < -0.4 is 9.44 Å². The Balaban J connectivity index is 2.93. The third-order valence-corrected chi connectivity index (χ3v) is 2.93. The Hall–Kier alpha value is -0.660. The number of hydrogen-bond donors (Lipinski definition) is 2. The number of pyridine rings is 1. The van der Waals surface area contributed by atoms with Gasteiger partial charge in [-0.15, -0.1) is 0 Å². The van der Waals surface area contributed by atoms with Gasteiger partial charge in [0.2, 0.25) is 0 Å². The fourth-order valence-electron chi connectivity index (χ4n) is 0.658. The van der Waals surface area contributed by atoms with Crippen molar-refractivity contribution >= 4 is 31.8 Å². The Morgan fingerprint density at radius 3 is 2.77 bits per heavy atom. The standard InChI is InChI=1S/C6H8BrN3O2S/c1-8-13(11,12)10-5-3-2-4-9-6(5)7/h2-4,8,10H,1H3. The first kappa shape index (κ1) is 10.4. The second kappa shape index (κ2) is 4.03. The molecule has 0 spiro atoms. The maximum Gasteiger partial charge on any atom is 0.298 e. The van der Waals surface area contributed by atoms with Crippen LogP contribution in [0.2, 0.25) is 0 Å². The Kier molecular flexibility index (Phi) is 3.23. The second-order valence-corrected chi connectivity index (χ2v) is 4.52. The lowest BCUT2D eigenvalue weighted by Crippen LogP contribution is -2.26. The normalized spacial score (nSPS) is 11.2. The first-order chi connectivity index (χ1) is 6.05. The van der Waals surface area contributed by atoms with Crippen molar-refractivity contribution in [3.8, 4) is 0 Å². The zero-order valence-electron chi connectivity index (χ0n) is 6.78. The van der Waals surface area contributed by atoms with Crippen molar-refractivity contribution in [2.75, 3.05) is 11.8 Å². The van der Waals surface area contributed by atoms with E-state index in [4.69, 9.17) is 0 Å². The average Bonchev–Trinajstić information content (AvgIpc) is 2.09. The minimum Gasteiger partial charge on any atom is -0.268 e. The maximum absolute atomic E-state index is 11.1. The lowest BCUT2D eigenvalue weighted by molar-refractivity contribution is 0.593. The second-order valence-electron chi connectivity index (χ2n) is 2.15. The first-order valence-corrected chi connectivity index (χ1v) is 5.64. The van der Waals surface area contributed by atoms with E-state index in [1.807, 2.05) is 0 Å². The SMILES string of the molecule is CNS(=O)(=O)Nc1cccnc1Br. The monoisotopic (exact) mass is 265 g/mol. The van der Waals surface area contributed by atoms with Gasteiger partial charge in [0, 0.05) is 13.2 Å². The van der Waals surface area contributed by atoms with E-state index < -0.39 is 10.2 Å². The van der Waals surface area contributed by atoms with E-state index in [0.29, 0.717) is 10.3 Å². The van der Waals surface area contributed by atoms with Crippen LogP contribution in [0.15, 0.2) is 22.9 Å². The number of halogens is 1. The number of rotatable bonds is 3. The molecule has 0 bridgehead atoms. The maximum atomic E-state index is 11.1. The van der Waals surface area contributed by atoms with Crippen LogP contribution >= 0.6 is 15.9 Å². The number of nitrogens with one attached hydrogen (secondary N) is 2. The van der Waals surface area contributed by atoms with Crippen LogP contribution in [-0.4, -0.2) is 20.4 Å². The highest BCUT2D eigenvalue weighted by Gasteiger charge is 2.08. The fourth-order valence-corrected chi connectivity index (χ4v) is 1.69. The van der Waals surface area contributed by atoms with Crippen molar-refractivity contribution in [2.45, 2.75) is 0 Å². The zero-order chi connectivity index (χ0) is 9.90. The van der Waals surface area contributed by atoms with Crippen LogP contribution in [0.1, 0.15) is 0 Å². The molecular weight excluding hydrogens is 258 g/mol. The molecule has 0 saturated heterocycles. The summed E-state index contributed by atoms with van der Waals surface area (Å²) < 4.78 is 27.0. The van der Waals surface area contributed by atoms with Gasteiger partial charge in [-0.1, -0.05) is 0 Å². The first-order valence-electron chi connectivity index (χ1n) is 3.37. The molecule has 7 heteroatoms. The molecule has 0 aliphatic heterocycles. The van der Waals surface area contributed by atoms with Gasteiger partial charge in [0.25, 0.3) is 10.2 Å². The molecule has 1 rings (SSSR count). The van der Waals surface area contributed by atoms with Crippen molar-refractivity contribution in [1.29, 1.82) is 0 Å². The van der Waals surface area contributed by atoms with Gasteiger partial charge >= 0.3 is 0 Å². The van der Waals surface area contributed by atoms with Gasteiger partial charge in [0.15, 0.2) is 0 Å². The molecule has 0 fully saturated rings. The fraction of sp³-hybridized carbons (Fsp3) is 0.167. The highest BCUT2D eigenvalue weighted by molar-refractivity contribution is 9.10. The summed E-state index contributed by atoms with van der Waals surface area (Å²) in [7, 11) is -2.14. The molecule has 1 aromatic rings. The van der Waals surface area contributed by atoms with Gasteiger partial charge in [-0.25, -0.2) is 9.71 Å². The van der Waals surface area contributed by atoms with E-state index >= 15 is 0 Å². The van der Waals surface area contributed by atoms with Crippen LogP contribution in [-0.2, 0) is 10.2 Å². The average molecular weight is 266 g/mol. The third-order valence-electron chi connectivity index (χ3n) is 1.27. The minimum absolute atomic E-state index is 0.400. The molecule has 0 unspecified atom stereocenters. The summed E-state index contributed by atoms with van der Waals surface area (Å²) in [6.07, 6.45) is 1.56. The number of hydrogen-bond acceptors (Lipinski definition) is 3. The molecule has 0 aliphatic carbocycles.